The number of hydrogen-bond acceptors (Lipinski definition) is 3. The van der Waals surface area contributed by atoms with Gasteiger partial charge in [-0.05, 0) is 48.4 Å². The monoisotopic (exact) mass is 369 g/mol. The number of carbonyl (C=O) groups is 1. The van der Waals surface area contributed by atoms with E-state index in [1.807, 2.05) is 31.2 Å². The molecule has 26 heavy (non-hydrogen) atoms. The van der Waals surface area contributed by atoms with Crippen molar-refractivity contribution in [3.63, 3.8) is 0 Å². The summed E-state index contributed by atoms with van der Waals surface area (Å²) < 4.78 is 13.2. The van der Waals surface area contributed by atoms with Crippen LogP contribution in [0.5, 0.6) is 0 Å². The van der Waals surface area contributed by atoms with Gasteiger partial charge in [-0.3, -0.25) is 4.79 Å². The molecule has 0 bridgehead atoms. The number of rotatable bonds is 5. The Kier molecular flexibility index (Phi) is 5.49. The van der Waals surface area contributed by atoms with Crippen molar-refractivity contribution in [2.45, 2.75) is 13.5 Å². The number of carbonyl (C=O) groups excluding carboxylic acids is 1. The first-order chi connectivity index (χ1) is 12.5. The van der Waals surface area contributed by atoms with Gasteiger partial charge in [-0.2, -0.15) is 0 Å². The number of nitrogens with one attached hydrogen (secondary N) is 2. The Labute approximate surface area is 156 Å². The number of hydrogen-bond donors (Lipinski definition) is 2. The molecule has 1 aromatic heterocycles. The number of anilines is 2. The van der Waals surface area contributed by atoms with E-state index >= 15 is 0 Å². The summed E-state index contributed by atoms with van der Waals surface area (Å²) in [5.41, 5.74) is 3.27. The first-order valence-electron chi connectivity index (χ1n) is 8.04. The third-order valence-corrected chi connectivity index (χ3v) is 4.21. The summed E-state index contributed by atoms with van der Waals surface area (Å²) in [6, 6.07) is 15.6. The molecule has 2 N–H and O–H groups in total. The highest BCUT2D eigenvalue weighted by atomic mass is 35.5. The molecule has 0 aliphatic rings. The number of amides is 1. The highest BCUT2D eigenvalue weighted by molar-refractivity contribution is 6.31. The van der Waals surface area contributed by atoms with Crippen molar-refractivity contribution >= 4 is 29.0 Å². The van der Waals surface area contributed by atoms with E-state index in [2.05, 4.69) is 15.6 Å². The topological polar surface area (TPSA) is 54.0 Å². The molecule has 0 spiro atoms. The van der Waals surface area contributed by atoms with Crippen LogP contribution >= 0.6 is 11.6 Å². The molecule has 0 radical (unpaired) electrons. The van der Waals surface area contributed by atoms with Crippen LogP contribution in [0.25, 0.3) is 0 Å². The van der Waals surface area contributed by atoms with Crippen LogP contribution in [0.4, 0.5) is 15.9 Å². The molecule has 0 atom stereocenters. The maximum Gasteiger partial charge on any atom is 0.253 e. The predicted molar refractivity (Wildman–Crippen MR) is 101 cm³/mol. The Hall–Kier alpha value is -2.92. The highest BCUT2D eigenvalue weighted by Gasteiger charge is 2.07. The zero-order valence-corrected chi connectivity index (χ0v) is 14.8. The molecule has 0 aliphatic carbocycles. The van der Waals surface area contributed by atoms with Crippen molar-refractivity contribution < 1.29 is 9.18 Å². The molecule has 132 valence electrons. The normalized spacial score (nSPS) is 10.4. The lowest BCUT2D eigenvalue weighted by molar-refractivity contribution is 0.0950. The second kappa shape index (κ2) is 7.97. The highest BCUT2D eigenvalue weighted by Crippen LogP contribution is 2.22. The van der Waals surface area contributed by atoms with Gasteiger partial charge in [0, 0.05) is 18.4 Å². The molecular formula is C20H17ClFN3O. The number of pyridine rings is 1. The van der Waals surface area contributed by atoms with Gasteiger partial charge in [-0.1, -0.05) is 35.9 Å². The maximum atomic E-state index is 13.2. The van der Waals surface area contributed by atoms with Gasteiger partial charge in [0.25, 0.3) is 5.91 Å². The van der Waals surface area contributed by atoms with Crippen LogP contribution in [-0.2, 0) is 6.54 Å². The van der Waals surface area contributed by atoms with Gasteiger partial charge in [-0.15, -0.1) is 0 Å². The lowest BCUT2D eigenvalue weighted by atomic mass is 10.1. The van der Waals surface area contributed by atoms with Crippen molar-refractivity contribution in [2.24, 2.45) is 0 Å². The van der Waals surface area contributed by atoms with Crippen LogP contribution in [-0.4, -0.2) is 10.9 Å². The SMILES string of the molecule is Cc1ccccc1CNC(=O)c1ccc(Nc2ccc(F)c(Cl)c2)nc1. The van der Waals surface area contributed by atoms with Crippen molar-refractivity contribution in [1.82, 2.24) is 10.3 Å². The number of nitrogens with zero attached hydrogens (tertiary/aromatic N) is 1. The van der Waals surface area contributed by atoms with E-state index in [1.54, 1.807) is 18.2 Å². The van der Waals surface area contributed by atoms with Crippen LogP contribution in [0, 0.1) is 12.7 Å². The van der Waals surface area contributed by atoms with Gasteiger partial charge in [0.2, 0.25) is 0 Å². The van der Waals surface area contributed by atoms with Crippen molar-refractivity contribution in [2.75, 3.05) is 5.32 Å². The summed E-state index contributed by atoms with van der Waals surface area (Å²) in [4.78, 5) is 16.5. The maximum absolute atomic E-state index is 13.2. The molecule has 0 saturated carbocycles. The first-order valence-corrected chi connectivity index (χ1v) is 8.41. The zero-order chi connectivity index (χ0) is 18.5. The van der Waals surface area contributed by atoms with E-state index in [-0.39, 0.29) is 10.9 Å². The standard InChI is InChI=1S/C20H17ClFN3O/c1-13-4-2-3-5-14(13)11-24-20(26)15-6-9-19(23-12-15)25-16-7-8-18(22)17(21)10-16/h2-10,12H,11H2,1H3,(H,23,25)(H,24,26). The molecule has 3 rings (SSSR count). The molecular weight excluding hydrogens is 353 g/mol. The zero-order valence-electron chi connectivity index (χ0n) is 14.1. The van der Waals surface area contributed by atoms with Crippen molar-refractivity contribution in [1.29, 1.82) is 0 Å². The van der Waals surface area contributed by atoms with Gasteiger partial charge < -0.3 is 10.6 Å². The second-order valence-electron chi connectivity index (χ2n) is 5.80. The Balaban J connectivity index is 1.62. The lowest BCUT2D eigenvalue weighted by Gasteiger charge is -2.09. The molecule has 0 saturated heterocycles. The van der Waals surface area contributed by atoms with Gasteiger partial charge >= 0.3 is 0 Å². The summed E-state index contributed by atoms with van der Waals surface area (Å²) in [5.74, 6) is -0.147. The van der Waals surface area contributed by atoms with Crippen LogP contribution < -0.4 is 10.6 Å². The Bertz CT molecular complexity index is 929. The third kappa shape index (κ3) is 4.37. The fraction of sp³-hybridized carbons (Fsp3) is 0.100. The fourth-order valence-electron chi connectivity index (χ4n) is 2.41. The Morgan fingerprint density at radius 2 is 1.96 bits per heavy atom. The van der Waals surface area contributed by atoms with E-state index in [1.165, 1.54) is 18.3 Å². The fourth-order valence-corrected chi connectivity index (χ4v) is 2.59. The predicted octanol–water partition coefficient (Wildman–Crippen LogP) is 4.86. The summed E-state index contributed by atoms with van der Waals surface area (Å²) in [6.45, 7) is 2.46. The quantitative estimate of drug-likeness (QED) is 0.675. The molecule has 0 aliphatic heterocycles. The van der Waals surface area contributed by atoms with Gasteiger partial charge in [0.05, 0.1) is 10.6 Å². The minimum atomic E-state index is -0.481. The van der Waals surface area contributed by atoms with E-state index in [0.29, 0.717) is 23.6 Å². The third-order valence-electron chi connectivity index (χ3n) is 3.92. The largest absolute Gasteiger partial charge is 0.348 e. The minimum absolute atomic E-state index is 0.0298. The van der Waals surface area contributed by atoms with E-state index < -0.39 is 5.82 Å². The summed E-state index contributed by atoms with van der Waals surface area (Å²) in [5, 5.41) is 5.92. The van der Waals surface area contributed by atoms with E-state index in [9.17, 15) is 9.18 Å². The molecule has 2 aromatic carbocycles. The van der Waals surface area contributed by atoms with Gasteiger partial charge in [0.1, 0.15) is 11.6 Å². The molecule has 6 heteroatoms. The number of halogens is 2. The van der Waals surface area contributed by atoms with Crippen molar-refractivity contribution in [3.8, 4) is 0 Å². The van der Waals surface area contributed by atoms with Crippen molar-refractivity contribution in [3.05, 3.63) is 88.3 Å². The number of aryl methyl sites for hydroxylation is 1. The first kappa shape index (κ1) is 17.9. The molecule has 1 heterocycles. The van der Waals surface area contributed by atoms with Crippen LogP contribution in [0.15, 0.2) is 60.8 Å². The number of benzene rings is 2. The lowest BCUT2D eigenvalue weighted by Crippen LogP contribution is -2.23. The van der Waals surface area contributed by atoms with E-state index in [0.717, 1.165) is 11.1 Å². The van der Waals surface area contributed by atoms with E-state index in [4.69, 9.17) is 11.6 Å². The molecule has 3 aromatic rings. The average Bonchev–Trinajstić information content (AvgIpc) is 2.64. The van der Waals surface area contributed by atoms with Gasteiger partial charge in [0.15, 0.2) is 0 Å². The molecule has 1 amide bonds. The van der Waals surface area contributed by atoms with Crippen LogP contribution in [0.3, 0.4) is 0 Å². The smallest absolute Gasteiger partial charge is 0.253 e. The van der Waals surface area contributed by atoms with Crippen LogP contribution in [0.1, 0.15) is 21.5 Å². The molecule has 0 fully saturated rings. The minimum Gasteiger partial charge on any atom is -0.348 e. The molecule has 0 unspecified atom stereocenters. The summed E-state index contributed by atoms with van der Waals surface area (Å²) in [7, 11) is 0. The van der Waals surface area contributed by atoms with Crippen LogP contribution in [0.2, 0.25) is 5.02 Å². The average molecular weight is 370 g/mol. The summed E-state index contributed by atoms with van der Waals surface area (Å²) >= 11 is 5.75. The Morgan fingerprint density at radius 3 is 2.65 bits per heavy atom. The number of aromatic nitrogens is 1. The second-order valence-corrected chi connectivity index (χ2v) is 6.20. The summed E-state index contributed by atoms with van der Waals surface area (Å²) in [6.07, 6.45) is 1.49. The molecule has 4 nitrogen and oxygen atoms in total. The van der Waals surface area contributed by atoms with Gasteiger partial charge in [-0.25, -0.2) is 9.37 Å². The Morgan fingerprint density at radius 1 is 1.15 bits per heavy atom.